The first kappa shape index (κ1) is 23.4. The molecule has 4 rings (SSSR count). The number of hydrogen-bond donors (Lipinski definition) is 1. The van der Waals surface area contributed by atoms with Crippen LogP contribution < -0.4 is 14.8 Å². The Morgan fingerprint density at radius 2 is 1.97 bits per heavy atom. The number of aliphatic imine (C=N–C) groups is 1. The van der Waals surface area contributed by atoms with Crippen LogP contribution in [0.2, 0.25) is 5.02 Å². The zero-order valence-corrected chi connectivity index (χ0v) is 19.4. The maximum Gasteiger partial charge on any atom is 0.264 e. The van der Waals surface area contributed by atoms with Crippen LogP contribution in [0.25, 0.3) is 6.08 Å². The number of rotatable bonds is 6. The zero-order valence-electron chi connectivity index (χ0n) is 17.8. The molecule has 0 bridgehead atoms. The van der Waals surface area contributed by atoms with Crippen LogP contribution in [0.3, 0.4) is 0 Å². The van der Waals surface area contributed by atoms with Crippen molar-refractivity contribution in [1.82, 2.24) is 5.32 Å². The fraction of sp³-hybridized carbons (Fsp3) is 0.0800. The molecule has 0 unspecified atom stereocenters. The van der Waals surface area contributed by atoms with Crippen molar-refractivity contribution in [3.63, 3.8) is 0 Å². The van der Waals surface area contributed by atoms with Crippen molar-refractivity contribution in [2.24, 2.45) is 4.99 Å². The number of benzene rings is 3. The lowest BCUT2D eigenvalue weighted by molar-refractivity contribution is -0.115. The Balaban J connectivity index is 1.54. The molecule has 0 radical (unpaired) electrons. The van der Waals surface area contributed by atoms with Crippen molar-refractivity contribution in [3.8, 4) is 17.6 Å². The van der Waals surface area contributed by atoms with Crippen LogP contribution in [0.5, 0.6) is 11.5 Å². The first-order chi connectivity index (χ1) is 16.5. The third-order valence-corrected chi connectivity index (χ3v) is 5.96. The number of carbonyl (C=O) groups excluding carboxylic acids is 1. The van der Waals surface area contributed by atoms with Gasteiger partial charge in [-0.3, -0.25) is 4.79 Å². The van der Waals surface area contributed by atoms with Crippen LogP contribution in [0.4, 0.5) is 10.1 Å². The highest BCUT2D eigenvalue weighted by molar-refractivity contribution is 8.18. The summed E-state index contributed by atoms with van der Waals surface area (Å²) in [6, 6.07) is 18.3. The van der Waals surface area contributed by atoms with Gasteiger partial charge in [-0.15, -0.1) is 0 Å². The highest BCUT2D eigenvalue weighted by atomic mass is 35.5. The van der Waals surface area contributed by atoms with Gasteiger partial charge in [-0.25, -0.2) is 9.38 Å². The number of nitrogens with zero attached hydrogens (tertiary/aromatic N) is 2. The first-order valence-electron chi connectivity index (χ1n) is 10.0. The van der Waals surface area contributed by atoms with Crippen molar-refractivity contribution in [1.29, 1.82) is 5.26 Å². The molecule has 170 valence electrons. The second kappa shape index (κ2) is 10.4. The minimum atomic E-state index is -0.361. The lowest BCUT2D eigenvalue weighted by Gasteiger charge is -2.14. The number of halogens is 2. The van der Waals surface area contributed by atoms with E-state index in [2.05, 4.69) is 16.4 Å². The van der Waals surface area contributed by atoms with Gasteiger partial charge < -0.3 is 14.8 Å². The van der Waals surface area contributed by atoms with Gasteiger partial charge in [0.25, 0.3) is 5.91 Å². The van der Waals surface area contributed by atoms with Crippen LogP contribution in [-0.4, -0.2) is 18.2 Å². The minimum absolute atomic E-state index is 0.141. The largest absolute Gasteiger partial charge is 0.493 e. The first-order valence-corrected chi connectivity index (χ1v) is 11.2. The van der Waals surface area contributed by atoms with Crippen molar-refractivity contribution in [3.05, 3.63) is 93.1 Å². The van der Waals surface area contributed by atoms with Gasteiger partial charge in [0, 0.05) is 5.56 Å². The van der Waals surface area contributed by atoms with Crippen LogP contribution in [0.15, 0.2) is 70.6 Å². The predicted octanol–water partition coefficient (Wildman–Crippen LogP) is 5.83. The monoisotopic (exact) mass is 493 g/mol. The fourth-order valence-electron chi connectivity index (χ4n) is 3.13. The maximum atomic E-state index is 13.1. The van der Waals surface area contributed by atoms with Crippen LogP contribution in [0.1, 0.15) is 16.7 Å². The number of nitriles is 1. The molecule has 1 saturated heterocycles. The Morgan fingerprint density at radius 3 is 2.71 bits per heavy atom. The van der Waals surface area contributed by atoms with Crippen molar-refractivity contribution in [2.75, 3.05) is 7.11 Å². The summed E-state index contributed by atoms with van der Waals surface area (Å²) in [4.78, 5) is 17.1. The molecule has 0 aliphatic carbocycles. The van der Waals surface area contributed by atoms with Gasteiger partial charge in [0.15, 0.2) is 16.7 Å². The molecular weight excluding hydrogens is 477 g/mol. The van der Waals surface area contributed by atoms with Gasteiger partial charge in [-0.1, -0.05) is 29.8 Å². The van der Waals surface area contributed by atoms with Gasteiger partial charge in [0.1, 0.15) is 12.4 Å². The molecule has 1 aliphatic heterocycles. The zero-order chi connectivity index (χ0) is 24.1. The normalized spacial score (nSPS) is 15.3. The number of methoxy groups -OCH3 is 1. The second-order valence-corrected chi connectivity index (χ2v) is 8.49. The van der Waals surface area contributed by atoms with E-state index in [1.54, 1.807) is 36.4 Å². The van der Waals surface area contributed by atoms with Gasteiger partial charge in [-0.2, -0.15) is 5.26 Å². The molecule has 1 aliphatic rings. The molecule has 0 spiro atoms. The van der Waals surface area contributed by atoms with E-state index in [9.17, 15) is 14.4 Å². The average Bonchev–Trinajstić information content (AvgIpc) is 3.18. The smallest absolute Gasteiger partial charge is 0.264 e. The summed E-state index contributed by atoms with van der Waals surface area (Å²) in [7, 11) is 1.49. The number of ether oxygens (including phenoxy) is 2. The van der Waals surface area contributed by atoms with Crippen LogP contribution >= 0.6 is 23.4 Å². The summed E-state index contributed by atoms with van der Waals surface area (Å²) in [6.07, 6.45) is 1.66. The molecule has 34 heavy (non-hydrogen) atoms. The highest BCUT2D eigenvalue weighted by Gasteiger charge is 2.24. The Hall–Kier alpha value is -3.80. The molecule has 1 N–H and O–H groups in total. The Morgan fingerprint density at radius 1 is 1.21 bits per heavy atom. The predicted molar refractivity (Wildman–Crippen MR) is 131 cm³/mol. The van der Waals surface area contributed by atoms with E-state index in [-0.39, 0.29) is 18.3 Å². The molecular formula is C25H17ClFN3O3S. The molecule has 0 aromatic heterocycles. The number of carbonyl (C=O) groups is 1. The lowest BCUT2D eigenvalue weighted by atomic mass is 10.1. The number of amides is 1. The quantitative estimate of drug-likeness (QED) is 0.437. The number of nitrogens with one attached hydrogen (secondary N) is 1. The van der Waals surface area contributed by atoms with Crippen molar-refractivity contribution >= 4 is 46.2 Å². The minimum Gasteiger partial charge on any atom is -0.493 e. The summed E-state index contributed by atoms with van der Waals surface area (Å²) in [6.45, 7) is 0.141. The van der Waals surface area contributed by atoms with E-state index in [0.717, 1.165) is 17.3 Å². The highest BCUT2D eigenvalue weighted by Crippen LogP contribution is 2.38. The summed E-state index contributed by atoms with van der Waals surface area (Å²) in [5, 5.41) is 12.6. The van der Waals surface area contributed by atoms with Crippen LogP contribution in [0, 0.1) is 17.1 Å². The molecule has 1 heterocycles. The van der Waals surface area contributed by atoms with E-state index in [1.165, 1.54) is 31.4 Å². The molecule has 6 nitrogen and oxygen atoms in total. The number of amidine groups is 1. The van der Waals surface area contributed by atoms with Crippen LogP contribution in [-0.2, 0) is 11.4 Å². The third-order valence-electron chi connectivity index (χ3n) is 4.77. The standard InChI is InChI=1S/C25H17ClFN3O3S/c1-32-21-11-15(10-20(26)23(21)33-14-17-5-3-2-4-16(17)13-28)12-22-24(31)30-25(34-22)29-19-8-6-18(27)7-9-19/h2-12H,14H2,1H3,(H,29,30,31)/b22-12+. The molecule has 1 fully saturated rings. The molecule has 0 saturated carbocycles. The summed E-state index contributed by atoms with van der Waals surface area (Å²) < 4.78 is 24.4. The van der Waals surface area contributed by atoms with E-state index >= 15 is 0 Å². The van der Waals surface area contributed by atoms with E-state index < -0.39 is 0 Å². The summed E-state index contributed by atoms with van der Waals surface area (Å²) >= 11 is 7.62. The average molecular weight is 494 g/mol. The SMILES string of the molecule is COc1cc(/C=C2/SC(=Nc3ccc(F)cc3)NC2=O)cc(Cl)c1OCc1ccccc1C#N. The number of thioether (sulfide) groups is 1. The topological polar surface area (TPSA) is 83.7 Å². The van der Waals surface area contributed by atoms with E-state index in [1.807, 2.05) is 6.07 Å². The van der Waals surface area contributed by atoms with Gasteiger partial charge in [0.2, 0.25) is 0 Å². The number of hydrogen-bond acceptors (Lipinski definition) is 6. The van der Waals surface area contributed by atoms with E-state index in [4.69, 9.17) is 21.1 Å². The fourth-order valence-corrected chi connectivity index (χ4v) is 4.25. The Kier molecular flexibility index (Phi) is 7.16. The molecule has 9 heteroatoms. The van der Waals surface area contributed by atoms with Crippen molar-refractivity contribution < 1.29 is 18.7 Å². The molecule has 3 aromatic rings. The molecule has 1 amide bonds. The molecule has 3 aromatic carbocycles. The Labute approximate surface area is 204 Å². The maximum absolute atomic E-state index is 13.1. The van der Waals surface area contributed by atoms with Gasteiger partial charge in [0.05, 0.1) is 34.4 Å². The van der Waals surface area contributed by atoms with E-state index in [0.29, 0.717) is 43.4 Å². The summed E-state index contributed by atoms with van der Waals surface area (Å²) in [5.74, 6) is 0.0492. The lowest BCUT2D eigenvalue weighted by Crippen LogP contribution is -2.19. The van der Waals surface area contributed by atoms with Crippen molar-refractivity contribution in [2.45, 2.75) is 6.61 Å². The third kappa shape index (κ3) is 5.39. The van der Waals surface area contributed by atoms with Gasteiger partial charge >= 0.3 is 0 Å². The molecule has 0 atom stereocenters. The van der Waals surface area contributed by atoms with Gasteiger partial charge in [-0.05, 0) is 65.9 Å². The Bertz CT molecular complexity index is 1350. The second-order valence-electron chi connectivity index (χ2n) is 7.05. The summed E-state index contributed by atoms with van der Waals surface area (Å²) in [5.41, 5.74) is 2.39.